The van der Waals surface area contributed by atoms with Crippen LogP contribution < -0.4 is 5.32 Å². The van der Waals surface area contributed by atoms with Gasteiger partial charge in [0.25, 0.3) is 0 Å². The molecule has 1 aliphatic rings. The van der Waals surface area contributed by atoms with Crippen LogP contribution in [0.25, 0.3) is 0 Å². The standard InChI is InChI=1S/C13H21NO2/c1-10(9-15-2)8-14-12-4-3-5-13-11(12)6-7-16-13/h6-7,10,12,14H,3-5,8-9H2,1-2H3. The quantitative estimate of drug-likeness (QED) is 0.833. The Bertz CT molecular complexity index is 321. The van der Waals surface area contributed by atoms with E-state index < -0.39 is 0 Å². The zero-order chi connectivity index (χ0) is 11.4. The van der Waals surface area contributed by atoms with Gasteiger partial charge in [-0.15, -0.1) is 0 Å². The Labute approximate surface area is 97.2 Å². The van der Waals surface area contributed by atoms with Crippen molar-refractivity contribution in [1.29, 1.82) is 0 Å². The molecule has 3 heteroatoms. The van der Waals surface area contributed by atoms with Crippen molar-refractivity contribution in [2.45, 2.75) is 32.2 Å². The highest BCUT2D eigenvalue weighted by molar-refractivity contribution is 5.23. The van der Waals surface area contributed by atoms with E-state index in [1.54, 1.807) is 7.11 Å². The summed E-state index contributed by atoms with van der Waals surface area (Å²) in [6.45, 7) is 4.02. The van der Waals surface area contributed by atoms with Crippen LogP contribution in [0.1, 0.15) is 37.1 Å². The number of ether oxygens (including phenoxy) is 1. The summed E-state index contributed by atoms with van der Waals surface area (Å²) in [6.07, 6.45) is 5.33. The van der Waals surface area contributed by atoms with E-state index in [1.165, 1.54) is 24.2 Å². The summed E-state index contributed by atoms with van der Waals surface area (Å²) >= 11 is 0. The van der Waals surface area contributed by atoms with Crippen molar-refractivity contribution in [3.8, 4) is 0 Å². The second-order valence-electron chi connectivity index (χ2n) is 4.71. The van der Waals surface area contributed by atoms with Gasteiger partial charge in [-0.05, 0) is 24.8 Å². The summed E-state index contributed by atoms with van der Waals surface area (Å²) in [5.41, 5.74) is 1.36. The summed E-state index contributed by atoms with van der Waals surface area (Å²) in [4.78, 5) is 0. The normalized spacial score (nSPS) is 21.8. The van der Waals surface area contributed by atoms with E-state index in [0.717, 1.165) is 19.6 Å². The Kier molecular flexibility index (Phi) is 4.02. The topological polar surface area (TPSA) is 34.4 Å². The van der Waals surface area contributed by atoms with Crippen LogP contribution >= 0.6 is 0 Å². The molecule has 2 unspecified atom stereocenters. The largest absolute Gasteiger partial charge is 0.469 e. The minimum Gasteiger partial charge on any atom is -0.469 e. The third-order valence-corrected chi connectivity index (χ3v) is 3.22. The van der Waals surface area contributed by atoms with E-state index in [9.17, 15) is 0 Å². The van der Waals surface area contributed by atoms with E-state index in [0.29, 0.717) is 12.0 Å². The average molecular weight is 223 g/mol. The third kappa shape index (κ3) is 2.66. The molecule has 0 radical (unpaired) electrons. The van der Waals surface area contributed by atoms with Crippen LogP contribution in [0.15, 0.2) is 16.7 Å². The van der Waals surface area contributed by atoms with Gasteiger partial charge in [0.05, 0.1) is 6.26 Å². The molecule has 90 valence electrons. The molecule has 2 rings (SSSR count). The van der Waals surface area contributed by atoms with Gasteiger partial charge in [-0.1, -0.05) is 6.92 Å². The van der Waals surface area contributed by atoms with Crippen molar-refractivity contribution in [1.82, 2.24) is 5.32 Å². The van der Waals surface area contributed by atoms with Gasteiger partial charge < -0.3 is 14.5 Å². The maximum Gasteiger partial charge on any atom is 0.108 e. The van der Waals surface area contributed by atoms with Crippen LogP contribution in [-0.2, 0) is 11.2 Å². The highest BCUT2D eigenvalue weighted by Gasteiger charge is 2.22. The second kappa shape index (κ2) is 5.51. The van der Waals surface area contributed by atoms with Gasteiger partial charge in [-0.3, -0.25) is 0 Å². The van der Waals surface area contributed by atoms with Crippen LogP contribution in [0.3, 0.4) is 0 Å². The van der Waals surface area contributed by atoms with E-state index >= 15 is 0 Å². The van der Waals surface area contributed by atoms with Crippen LogP contribution in [0, 0.1) is 5.92 Å². The Hall–Kier alpha value is -0.800. The number of aryl methyl sites for hydroxylation is 1. The van der Waals surface area contributed by atoms with Crippen molar-refractivity contribution < 1.29 is 9.15 Å². The molecule has 1 N–H and O–H groups in total. The van der Waals surface area contributed by atoms with Crippen LogP contribution in [0.2, 0.25) is 0 Å². The van der Waals surface area contributed by atoms with Gasteiger partial charge in [0.15, 0.2) is 0 Å². The molecule has 2 atom stereocenters. The maximum atomic E-state index is 5.48. The summed E-state index contributed by atoms with van der Waals surface area (Å²) in [5.74, 6) is 1.73. The first kappa shape index (κ1) is 11.7. The predicted octanol–water partition coefficient (Wildman–Crippen LogP) is 2.53. The molecular weight excluding hydrogens is 202 g/mol. The molecule has 0 bridgehead atoms. The first-order valence-electron chi connectivity index (χ1n) is 6.10. The van der Waals surface area contributed by atoms with Gasteiger partial charge in [-0.2, -0.15) is 0 Å². The first-order valence-corrected chi connectivity index (χ1v) is 6.10. The molecule has 1 aliphatic carbocycles. The van der Waals surface area contributed by atoms with Crippen LogP contribution in [-0.4, -0.2) is 20.3 Å². The van der Waals surface area contributed by atoms with Crippen LogP contribution in [0.4, 0.5) is 0 Å². The highest BCUT2D eigenvalue weighted by atomic mass is 16.5. The van der Waals surface area contributed by atoms with E-state index in [4.69, 9.17) is 9.15 Å². The predicted molar refractivity (Wildman–Crippen MR) is 63.4 cm³/mol. The Morgan fingerprint density at radius 1 is 1.62 bits per heavy atom. The van der Waals surface area contributed by atoms with Crippen molar-refractivity contribution in [2.24, 2.45) is 5.92 Å². The Morgan fingerprint density at radius 3 is 3.31 bits per heavy atom. The fraction of sp³-hybridized carbons (Fsp3) is 0.692. The molecule has 1 aromatic rings. The lowest BCUT2D eigenvalue weighted by molar-refractivity contribution is 0.156. The van der Waals surface area contributed by atoms with Crippen molar-refractivity contribution in [2.75, 3.05) is 20.3 Å². The van der Waals surface area contributed by atoms with Crippen molar-refractivity contribution in [3.63, 3.8) is 0 Å². The Morgan fingerprint density at radius 2 is 2.50 bits per heavy atom. The lowest BCUT2D eigenvalue weighted by Crippen LogP contribution is -2.29. The number of nitrogens with one attached hydrogen (secondary N) is 1. The average Bonchev–Trinajstić information content (AvgIpc) is 2.75. The Balaban J connectivity index is 1.88. The fourth-order valence-electron chi connectivity index (χ4n) is 2.39. The SMILES string of the molecule is COCC(C)CNC1CCCc2occc21. The molecule has 0 saturated heterocycles. The molecule has 1 aromatic heterocycles. The lowest BCUT2D eigenvalue weighted by Gasteiger charge is -2.24. The third-order valence-electron chi connectivity index (χ3n) is 3.22. The number of hydrogen-bond donors (Lipinski definition) is 1. The number of hydrogen-bond acceptors (Lipinski definition) is 3. The second-order valence-corrected chi connectivity index (χ2v) is 4.71. The van der Waals surface area contributed by atoms with E-state index in [1.807, 2.05) is 6.26 Å². The van der Waals surface area contributed by atoms with Gasteiger partial charge in [0, 0.05) is 38.3 Å². The number of fused-ring (bicyclic) bond motifs is 1. The number of methoxy groups -OCH3 is 1. The minimum absolute atomic E-state index is 0.474. The zero-order valence-electron chi connectivity index (χ0n) is 10.2. The van der Waals surface area contributed by atoms with Crippen LogP contribution in [0.5, 0.6) is 0 Å². The smallest absolute Gasteiger partial charge is 0.108 e. The summed E-state index contributed by atoms with van der Waals surface area (Å²) in [7, 11) is 1.76. The number of rotatable bonds is 5. The highest BCUT2D eigenvalue weighted by Crippen LogP contribution is 2.30. The summed E-state index contributed by atoms with van der Waals surface area (Å²) in [6, 6.07) is 2.58. The van der Waals surface area contributed by atoms with E-state index in [-0.39, 0.29) is 0 Å². The monoisotopic (exact) mass is 223 g/mol. The van der Waals surface area contributed by atoms with Gasteiger partial charge in [0.2, 0.25) is 0 Å². The molecule has 0 saturated carbocycles. The molecule has 3 nitrogen and oxygen atoms in total. The zero-order valence-corrected chi connectivity index (χ0v) is 10.2. The lowest BCUT2D eigenvalue weighted by atomic mass is 9.93. The van der Waals surface area contributed by atoms with E-state index in [2.05, 4.69) is 18.3 Å². The maximum absolute atomic E-state index is 5.48. The molecule has 0 spiro atoms. The summed E-state index contributed by atoms with van der Waals surface area (Å²) < 4.78 is 10.6. The molecule has 1 heterocycles. The molecule has 16 heavy (non-hydrogen) atoms. The first-order chi connectivity index (χ1) is 7.81. The molecule has 0 aromatic carbocycles. The molecule has 0 aliphatic heterocycles. The molecule has 0 amide bonds. The summed E-state index contributed by atoms with van der Waals surface area (Å²) in [5, 5.41) is 3.61. The molecule has 0 fully saturated rings. The fourth-order valence-corrected chi connectivity index (χ4v) is 2.39. The minimum atomic E-state index is 0.474. The van der Waals surface area contributed by atoms with Gasteiger partial charge in [-0.25, -0.2) is 0 Å². The van der Waals surface area contributed by atoms with Crippen molar-refractivity contribution in [3.05, 3.63) is 23.7 Å². The van der Waals surface area contributed by atoms with Gasteiger partial charge in [0.1, 0.15) is 5.76 Å². The van der Waals surface area contributed by atoms with Crippen molar-refractivity contribution >= 4 is 0 Å². The van der Waals surface area contributed by atoms with Gasteiger partial charge >= 0.3 is 0 Å². The number of furan rings is 1. The molecular formula is C13H21NO2.